The van der Waals surface area contributed by atoms with Gasteiger partial charge >= 0.3 is 0 Å². The number of halogens is 2. The Kier molecular flexibility index (Phi) is 5.63. The van der Waals surface area contributed by atoms with E-state index in [1.165, 1.54) is 18.2 Å². The molecule has 5 nitrogen and oxygen atoms in total. The number of aromatic nitrogens is 3. The predicted molar refractivity (Wildman–Crippen MR) is 103 cm³/mol. The molecule has 1 atom stereocenters. The normalized spacial score (nSPS) is 11.8. The average Bonchev–Trinajstić information content (AvgIpc) is 2.65. The van der Waals surface area contributed by atoms with Crippen molar-refractivity contribution in [2.75, 3.05) is 10.6 Å². The summed E-state index contributed by atoms with van der Waals surface area (Å²) in [6.07, 6.45) is 2.62. The van der Waals surface area contributed by atoms with Gasteiger partial charge in [-0.15, -0.1) is 0 Å². The van der Waals surface area contributed by atoms with Gasteiger partial charge in [-0.25, -0.2) is 9.37 Å². The van der Waals surface area contributed by atoms with E-state index in [4.69, 9.17) is 11.6 Å². The van der Waals surface area contributed by atoms with Crippen LogP contribution in [-0.2, 0) is 0 Å². The maximum Gasteiger partial charge on any atom is 0.225 e. The number of anilines is 3. The number of rotatable bonds is 6. The summed E-state index contributed by atoms with van der Waals surface area (Å²) in [5, 5.41) is 6.66. The maximum atomic E-state index is 14.1. The first-order valence-corrected chi connectivity index (χ1v) is 8.72. The van der Waals surface area contributed by atoms with Crippen LogP contribution in [0.2, 0.25) is 5.02 Å². The monoisotopic (exact) mass is 371 g/mol. The second-order valence-corrected chi connectivity index (χ2v) is 6.32. The highest BCUT2D eigenvalue weighted by atomic mass is 35.5. The van der Waals surface area contributed by atoms with E-state index in [-0.39, 0.29) is 11.7 Å². The Hall–Kier alpha value is -2.73. The average molecular weight is 372 g/mol. The lowest BCUT2D eigenvalue weighted by molar-refractivity contribution is 0.632. The van der Waals surface area contributed by atoms with E-state index < -0.39 is 5.82 Å². The third-order valence-corrected chi connectivity index (χ3v) is 4.07. The number of hydrogen-bond acceptors (Lipinski definition) is 5. The van der Waals surface area contributed by atoms with Crippen molar-refractivity contribution in [3.63, 3.8) is 0 Å². The molecule has 0 radical (unpaired) electrons. The molecular weight excluding hydrogens is 353 g/mol. The first-order chi connectivity index (χ1) is 12.5. The summed E-state index contributed by atoms with van der Waals surface area (Å²) < 4.78 is 14.1. The minimum Gasteiger partial charge on any atom is -0.352 e. The van der Waals surface area contributed by atoms with Gasteiger partial charge in [-0.2, -0.15) is 4.98 Å². The second-order valence-electron chi connectivity index (χ2n) is 5.88. The molecule has 0 fully saturated rings. The highest BCUT2D eigenvalue weighted by molar-refractivity contribution is 6.30. The lowest BCUT2D eigenvalue weighted by Crippen LogP contribution is -2.16. The molecule has 2 heterocycles. The number of benzene rings is 1. The van der Waals surface area contributed by atoms with Crippen LogP contribution < -0.4 is 10.6 Å². The Morgan fingerprint density at radius 3 is 2.69 bits per heavy atom. The van der Waals surface area contributed by atoms with Crippen molar-refractivity contribution < 1.29 is 4.39 Å². The summed E-state index contributed by atoms with van der Waals surface area (Å²) in [5.41, 5.74) is 1.59. The largest absolute Gasteiger partial charge is 0.352 e. The number of nitrogens with one attached hydrogen (secondary N) is 2. The third kappa shape index (κ3) is 4.46. The lowest BCUT2D eigenvalue weighted by atomic mass is 10.2. The molecule has 2 aromatic heterocycles. The number of nitrogens with zero attached hydrogens (tertiary/aromatic N) is 3. The summed E-state index contributed by atoms with van der Waals surface area (Å²) in [6, 6.07) is 11.8. The third-order valence-electron chi connectivity index (χ3n) is 3.83. The first kappa shape index (κ1) is 18.1. The Labute approximate surface area is 156 Å². The van der Waals surface area contributed by atoms with Crippen LogP contribution in [0.3, 0.4) is 0 Å². The molecule has 1 aromatic carbocycles. The van der Waals surface area contributed by atoms with Gasteiger partial charge in [0.15, 0.2) is 0 Å². The van der Waals surface area contributed by atoms with Crippen LogP contribution in [0.4, 0.5) is 21.8 Å². The van der Waals surface area contributed by atoms with Crippen LogP contribution in [-0.4, -0.2) is 21.0 Å². The zero-order valence-electron chi connectivity index (χ0n) is 14.5. The van der Waals surface area contributed by atoms with E-state index >= 15 is 0 Å². The highest BCUT2D eigenvalue weighted by Crippen LogP contribution is 2.26. The van der Waals surface area contributed by atoms with Gasteiger partial charge in [-0.1, -0.05) is 24.6 Å². The van der Waals surface area contributed by atoms with Crippen molar-refractivity contribution in [1.82, 2.24) is 15.0 Å². The fraction of sp³-hybridized carbons (Fsp3) is 0.211. The molecule has 0 bridgehead atoms. The smallest absolute Gasteiger partial charge is 0.225 e. The van der Waals surface area contributed by atoms with Crippen LogP contribution in [0.5, 0.6) is 0 Å². The van der Waals surface area contributed by atoms with Crippen LogP contribution in [0.15, 0.2) is 48.7 Å². The Morgan fingerprint density at radius 1 is 1.12 bits per heavy atom. The highest BCUT2D eigenvalue weighted by Gasteiger charge is 2.11. The molecule has 0 spiro atoms. The van der Waals surface area contributed by atoms with E-state index in [1.54, 1.807) is 12.3 Å². The molecule has 0 saturated heterocycles. The standard InChI is InChI=1S/C19H19ClFN5/c1-3-12(2)23-19-25-17(15-6-4-5-9-22-15)11-18(26-19)24-16-10-13(20)7-8-14(16)21/h4-12H,3H2,1-2H3,(H2,23,24,25,26)/t12-/m0/s1. The van der Waals surface area contributed by atoms with Crippen LogP contribution >= 0.6 is 11.6 Å². The van der Waals surface area contributed by atoms with Gasteiger partial charge in [0, 0.05) is 23.3 Å². The molecule has 0 amide bonds. The molecular formula is C19H19ClFN5. The molecule has 3 aromatic rings. The van der Waals surface area contributed by atoms with E-state index in [2.05, 4.69) is 32.5 Å². The first-order valence-electron chi connectivity index (χ1n) is 8.34. The van der Waals surface area contributed by atoms with E-state index in [1.807, 2.05) is 25.1 Å². The summed E-state index contributed by atoms with van der Waals surface area (Å²) >= 11 is 5.97. The Balaban J connectivity index is 2.00. The molecule has 0 aliphatic carbocycles. The topological polar surface area (TPSA) is 62.7 Å². The molecule has 3 rings (SSSR count). The summed E-state index contributed by atoms with van der Waals surface area (Å²) in [7, 11) is 0. The Morgan fingerprint density at radius 2 is 1.96 bits per heavy atom. The molecule has 0 aliphatic rings. The van der Waals surface area contributed by atoms with Gasteiger partial charge in [0.25, 0.3) is 0 Å². The molecule has 0 saturated carbocycles. The fourth-order valence-electron chi connectivity index (χ4n) is 2.28. The minimum atomic E-state index is -0.413. The van der Waals surface area contributed by atoms with E-state index in [0.717, 1.165) is 6.42 Å². The summed E-state index contributed by atoms with van der Waals surface area (Å²) in [4.78, 5) is 13.3. The molecule has 134 valence electrons. The van der Waals surface area contributed by atoms with Crippen molar-refractivity contribution in [3.05, 3.63) is 59.5 Å². The van der Waals surface area contributed by atoms with E-state index in [9.17, 15) is 4.39 Å². The number of hydrogen-bond donors (Lipinski definition) is 2. The van der Waals surface area contributed by atoms with Gasteiger partial charge in [0.1, 0.15) is 11.6 Å². The van der Waals surface area contributed by atoms with E-state index in [0.29, 0.717) is 28.2 Å². The number of pyridine rings is 1. The van der Waals surface area contributed by atoms with Crippen LogP contribution in [0, 0.1) is 5.82 Å². The quantitative estimate of drug-likeness (QED) is 0.616. The zero-order valence-corrected chi connectivity index (χ0v) is 15.3. The minimum absolute atomic E-state index is 0.199. The van der Waals surface area contributed by atoms with Gasteiger partial charge in [0.2, 0.25) is 5.95 Å². The van der Waals surface area contributed by atoms with Gasteiger partial charge < -0.3 is 10.6 Å². The molecule has 7 heteroatoms. The van der Waals surface area contributed by atoms with Gasteiger partial charge in [0.05, 0.1) is 17.1 Å². The van der Waals surface area contributed by atoms with Crippen molar-refractivity contribution in [2.45, 2.75) is 26.3 Å². The second kappa shape index (κ2) is 8.10. The molecule has 2 N–H and O–H groups in total. The summed E-state index contributed by atoms with van der Waals surface area (Å²) in [5.74, 6) is 0.490. The van der Waals surface area contributed by atoms with Crippen molar-refractivity contribution in [1.29, 1.82) is 0 Å². The maximum absolute atomic E-state index is 14.1. The molecule has 0 unspecified atom stereocenters. The van der Waals surface area contributed by atoms with Crippen LogP contribution in [0.1, 0.15) is 20.3 Å². The lowest BCUT2D eigenvalue weighted by Gasteiger charge is -2.14. The van der Waals surface area contributed by atoms with Crippen molar-refractivity contribution in [3.8, 4) is 11.4 Å². The molecule has 26 heavy (non-hydrogen) atoms. The predicted octanol–water partition coefficient (Wildman–Crippen LogP) is 5.29. The zero-order chi connectivity index (χ0) is 18.5. The summed E-state index contributed by atoms with van der Waals surface area (Å²) in [6.45, 7) is 4.11. The van der Waals surface area contributed by atoms with Gasteiger partial charge in [-0.05, 0) is 43.7 Å². The SMILES string of the molecule is CC[C@H](C)Nc1nc(Nc2cc(Cl)ccc2F)cc(-c2ccccn2)n1. The fourth-order valence-corrected chi connectivity index (χ4v) is 2.45. The van der Waals surface area contributed by atoms with Crippen LogP contribution in [0.25, 0.3) is 11.4 Å². The Bertz CT molecular complexity index is 888. The van der Waals surface area contributed by atoms with Crippen molar-refractivity contribution >= 4 is 29.1 Å². The van der Waals surface area contributed by atoms with Gasteiger partial charge in [-0.3, -0.25) is 4.98 Å². The molecule has 0 aliphatic heterocycles. The van der Waals surface area contributed by atoms with Crippen molar-refractivity contribution in [2.24, 2.45) is 0 Å².